The molecule has 5 nitrogen and oxygen atoms in total. The smallest absolute Gasteiger partial charge is 0.407 e. The second-order valence-corrected chi connectivity index (χ2v) is 5.62. The third-order valence-electron chi connectivity index (χ3n) is 3.22. The number of esters is 1. The van der Waals surface area contributed by atoms with E-state index in [4.69, 9.17) is 9.47 Å². The number of carbonyl (C=O) groups excluding carboxylic acids is 2. The van der Waals surface area contributed by atoms with Crippen molar-refractivity contribution in [3.8, 4) is 0 Å². The molecule has 5 heteroatoms. The Morgan fingerprint density at radius 3 is 2.52 bits per heavy atom. The van der Waals surface area contributed by atoms with E-state index in [1.807, 2.05) is 45.0 Å². The maximum Gasteiger partial charge on any atom is 0.407 e. The molecule has 0 aliphatic rings. The minimum atomic E-state index is -0.611. The van der Waals surface area contributed by atoms with E-state index in [1.54, 1.807) is 0 Å². The fourth-order valence-electron chi connectivity index (χ4n) is 1.87. The highest BCUT2D eigenvalue weighted by molar-refractivity contribution is 5.81. The number of nitrogens with one attached hydrogen (secondary N) is 1. The van der Waals surface area contributed by atoms with Crippen LogP contribution in [0.4, 0.5) is 4.79 Å². The molecule has 0 bridgehead atoms. The average molecular weight is 317 g/mol. The first-order chi connectivity index (χ1) is 10.8. The number of amides is 1. The highest BCUT2D eigenvalue weighted by Gasteiger charge is 2.23. The fraction of sp³-hybridized carbons (Fsp3) is 0.333. The first-order valence-electron chi connectivity index (χ1n) is 7.27. The second kappa shape index (κ2) is 8.17. The molecule has 1 N–H and O–H groups in total. The first-order valence-corrected chi connectivity index (χ1v) is 7.27. The molecule has 0 aliphatic carbocycles. The van der Waals surface area contributed by atoms with Crippen LogP contribution in [-0.2, 0) is 19.8 Å². The molecular formula is C18H23NO4. The van der Waals surface area contributed by atoms with Crippen LogP contribution < -0.4 is 5.32 Å². The molecular weight excluding hydrogens is 294 g/mol. The van der Waals surface area contributed by atoms with Gasteiger partial charge >= 0.3 is 12.1 Å². The van der Waals surface area contributed by atoms with E-state index in [2.05, 4.69) is 18.5 Å². The second-order valence-electron chi connectivity index (χ2n) is 5.62. The van der Waals surface area contributed by atoms with Gasteiger partial charge < -0.3 is 14.8 Å². The van der Waals surface area contributed by atoms with Gasteiger partial charge in [-0.15, -0.1) is 0 Å². The summed E-state index contributed by atoms with van der Waals surface area (Å²) in [5, 5.41) is 2.79. The molecule has 0 atom stereocenters. The molecule has 0 saturated heterocycles. The summed E-state index contributed by atoms with van der Waals surface area (Å²) in [5.74, 6) is -0.550. The van der Waals surface area contributed by atoms with Gasteiger partial charge in [0.25, 0.3) is 0 Å². The van der Waals surface area contributed by atoms with E-state index in [-0.39, 0.29) is 13.2 Å². The van der Waals surface area contributed by atoms with E-state index in [0.29, 0.717) is 0 Å². The Morgan fingerprint density at radius 1 is 1.26 bits per heavy atom. The first kappa shape index (κ1) is 18.5. The number of carbonyl (C=O) groups is 2. The lowest BCUT2D eigenvalue weighted by molar-refractivity contribution is -0.138. The van der Waals surface area contributed by atoms with Gasteiger partial charge in [-0.3, -0.25) is 0 Å². The molecule has 124 valence electrons. The molecule has 0 heterocycles. The number of ether oxygens (including phenoxy) is 2. The van der Waals surface area contributed by atoms with Crippen LogP contribution in [0.5, 0.6) is 0 Å². The average Bonchev–Trinajstić information content (AvgIpc) is 2.51. The predicted octanol–water partition coefficient (Wildman–Crippen LogP) is 3.41. The molecule has 0 radical (unpaired) electrons. The van der Waals surface area contributed by atoms with Gasteiger partial charge in [-0.05, 0) is 38.0 Å². The van der Waals surface area contributed by atoms with Gasteiger partial charge in [0.2, 0.25) is 0 Å². The molecule has 0 spiro atoms. The van der Waals surface area contributed by atoms with Crippen molar-refractivity contribution in [3.63, 3.8) is 0 Å². The van der Waals surface area contributed by atoms with Gasteiger partial charge in [-0.1, -0.05) is 36.9 Å². The molecule has 0 fully saturated rings. The van der Waals surface area contributed by atoms with Crippen LogP contribution in [0.3, 0.4) is 0 Å². The number of allylic oxidation sites excluding steroid dienone is 1. The maximum atomic E-state index is 11.9. The van der Waals surface area contributed by atoms with Crippen LogP contribution in [0.2, 0.25) is 0 Å². The van der Waals surface area contributed by atoms with E-state index in [9.17, 15) is 9.59 Å². The Morgan fingerprint density at radius 2 is 1.91 bits per heavy atom. The molecule has 1 rings (SSSR count). The summed E-state index contributed by atoms with van der Waals surface area (Å²) in [6.45, 7) is 12.9. The zero-order valence-corrected chi connectivity index (χ0v) is 13.8. The van der Waals surface area contributed by atoms with Crippen molar-refractivity contribution in [2.24, 2.45) is 0 Å². The van der Waals surface area contributed by atoms with Gasteiger partial charge in [-0.25, -0.2) is 9.59 Å². The lowest BCUT2D eigenvalue weighted by Gasteiger charge is -2.27. The zero-order valence-electron chi connectivity index (χ0n) is 13.8. The SMILES string of the molecule is C=CC(=O)OCCOC(=O)NC(C)(C)c1cccc(C(=C)C)c1. The summed E-state index contributed by atoms with van der Waals surface area (Å²) >= 11 is 0. The van der Waals surface area contributed by atoms with Crippen LogP contribution in [0.15, 0.2) is 43.5 Å². The number of hydrogen-bond acceptors (Lipinski definition) is 4. The molecule has 0 aliphatic heterocycles. The Balaban J connectivity index is 2.58. The molecule has 1 aromatic rings. The summed E-state index contributed by atoms with van der Waals surface area (Å²) in [5.41, 5.74) is 2.30. The largest absolute Gasteiger partial charge is 0.459 e. The standard InChI is InChI=1S/C18H23NO4/c1-6-16(20)22-10-11-23-17(21)19-18(4,5)15-9-7-8-14(12-15)13(2)3/h6-9,12H,1-2,10-11H2,3-5H3,(H,19,21). The molecule has 23 heavy (non-hydrogen) atoms. The highest BCUT2D eigenvalue weighted by atomic mass is 16.6. The van der Waals surface area contributed by atoms with E-state index < -0.39 is 17.6 Å². The summed E-state index contributed by atoms with van der Waals surface area (Å²) < 4.78 is 9.72. The summed E-state index contributed by atoms with van der Waals surface area (Å²) in [6, 6.07) is 7.80. The minimum Gasteiger partial charge on any atom is -0.459 e. The van der Waals surface area contributed by atoms with Crippen LogP contribution in [0, 0.1) is 0 Å². The van der Waals surface area contributed by atoms with Gasteiger partial charge in [-0.2, -0.15) is 0 Å². The molecule has 1 aromatic carbocycles. The van der Waals surface area contributed by atoms with Crippen molar-refractivity contribution in [1.82, 2.24) is 5.32 Å². The molecule has 1 amide bonds. The maximum absolute atomic E-state index is 11.9. The summed E-state index contributed by atoms with van der Waals surface area (Å²) in [4.78, 5) is 22.7. The molecule has 0 saturated carbocycles. The van der Waals surface area contributed by atoms with Crippen molar-refractivity contribution in [2.75, 3.05) is 13.2 Å². The summed E-state index contributed by atoms with van der Waals surface area (Å²) in [6.07, 6.45) is 0.475. The van der Waals surface area contributed by atoms with Crippen molar-refractivity contribution < 1.29 is 19.1 Å². The van der Waals surface area contributed by atoms with Crippen LogP contribution in [0.1, 0.15) is 31.9 Å². The lowest BCUT2D eigenvalue weighted by atomic mass is 9.92. The van der Waals surface area contributed by atoms with E-state index >= 15 is 0 Å². The van der Waals surface area contributed by atoms with Gasteiger partial charge in [0.1, 0.15) is 13.2 Å². The number of hydrogen-bond donors (Lipinski definition) is 1. The van der Waals surface area contributed by atoms with Crippen molar-refractivity contribution in [3.05, 3.63) is 54.6 Å². The summed E-state index contributed by atoms with van der Waals surface area (Å²) in [7, 11) is 0. The van der Waals surface area contributed by atoms with Crippen molar-refractivity contribution in [1.29, 1.82) is 0 Å². The number of benzene rings is 1. The molecule has 0 aromatic heterocycles. The minimum absolute atomic E-state index is 0.0101. The quantitative estimate of drug-likeness (QED) is 0.475. The fourth-order valence-corrected chi connectivity index (χ4v) is 1.87. The van der Waals surface area contributed by atoms with E-state index in [0.717, 1.165) is 22.8 Å². The Bertz CT molecular complexity index is 605. The normalized spacial score (nSPS) is 10.6. The monoisotopic (exact) mass is 317 g/mol. The van der Waals surface area contributed by atoms with Gasteiger partial charge in [0.05, 0.1) is 5.54 Å². The van der Waals surface area contributed by atoms with Crippen molar-refractivity contribution >= 4 is 17.6 Å². The Labute approximate surface area is 137 Å². The van der Waals surface area contributed by atoms with Crippen LogP contribution >= 0.6 is 0 Å². The third-order valence-corrected chi connectivity index (χ3v) is 3.22. The number of rotatable bonds is 7. The van der Waals surface area contributed by atoms with E-state index in [1.165, 1.54) is 0 Å². The Kier molecular flexibility index (Phi) is 6.57. The highest BCUT2D eigenvalue weighted by Crippen LogP contribution is 2.23. The zero-order chi connectivity index (χ0) is 17.5. The van der Waals surface area contributed by atoms with Gasteiger partial charge in [0.15, 0.2) is 0 Å². The predicted molar refractivity (Wildman–Crippen MR) is 89.8 cm³/mol. The van der Waals surface area contributed by atoms with Crippen LogP contribution in [-0.4, -0.2) is 25.3 Å². The van der Waals surface area contributed by atoms with Gasteiger partial charge in [0, 0.05) is 6.08 Å². The van der Waals surface area contributed by atoms with Crippen molar-refractivity contribution in [2.45, 2.75) is 26.3 Å². The number of alkyl carbamates (subject to hydrolysis) is 1. The third kappa shape index (κ3) is 5.98. The topological polar surface area (TPSA) is 64.6 Å². The Hall–Kier alpha value is -2.56. The lowest BCUT2D eigenvalue weighted by Crippen LogP contribution is -2.41. The molecule has 0 unspecified atom stereocenters. The van der Waals surface area contributed by atoms with Crippen LogP contribution in [0.25, 0.3) is 5.57 Å².